The van der Waals surface area contributed by atoms with Crippen molar-refractivity contribution in [3.63, 3.8) is 0 Å². The van der Waals surface area contributed by atoms with E-state index in [1.165, 1.54) is 14.2 Å². The molecule has 3 aromatic rings. The van der Waals surface area contributed by atoms with Gasteiger partial charge >= 0.3 is 35.0 Å². The van der Waals surface area contributed by atoms with Crippen molar-refractivity contribution >= 4 is 70.6 Å². The molecule has 1 aliphatic carbocycles. The van der Waals surface area contributed by atoms with E-state index in [4.69, 9.17) is 19.4 Å². The molecule has 8 bridgehead atoms. The maximum Gasteiger partial charge on any atom is 2.00 e. The first kappa shape index (κ1) is 33.5. The number of allylic oxidation sites excluding steroid dienone is 1. The van der Waals surface area contributed by atoms with Gasteiger partial charge in [0, 0.05) is 28.9 Å². The van der Waals surface area contributed by atoms with Gasteiger partial charge in [0.25, 0.3) is 0 Å². The summed E-state index contributed by atoms with van der Waals surface area (Å²) in [5, 5.41) is 18.4. The van der Waals surface area contributed by atoms with Gasteiger partial charge in [0.15, 0.2) is 0 Å². The van der Waals surface area contributed by atoms with E-state index in [2.05, 4.69) is 43.7 Å². The monoisotopic (exact) mass is 632 g/mol. The van der Waals surface area contributed by atoms with Gasteiger partial charge in [-0.1, -0.05) is 61.4 Å². The van der Waals surface area contributed by atoms with Crippen molar-refractivity contribution in [2.24, 2.45) is 17.8 Å². The molecule has 1 saturated heterocycles. The number of carbonyl (C=O) groups is 2. The number of aliphatic hydroxyl groups is 1. The first-order valence-electron chi connectivity index (χ1n) is 15.5. The van der Waals surface area contributed by atoms with Crippen LogP contribution in [0.1, 0.15) is 71.6 Å². The van der Waals surface area contributed by atoms with E-state index in [1.54, 1.807) is 0 Å². The topological polar surface area (TPSA) is 129 Å². The maximum atomic E-state index is 13.3. The van der Waals surface area contributed by atoms with Crippen LogP contribution in [0.25, 0.3) is 35.6 Å². The summed E-state index contributed by atoms with van der Waals surface area (Å²) in [6, 6.07) is -0.389. The van der Waals surface area contributed by atoms with Crippen molar-refractivity contribution < 1.29 is 24.2 Å². The Morgan fingerprint density at radius 1 is 1.02 bits per heavy atom. The molecule has 5 heterocycles. The number of ether oxygens (including phenoxy) is 2. The zero-order valence-electron chi connectivity index (χ0n) is 27.6. The molecule has 2 aliphatic heterocycles. The Bertz CT molecular complexity index is 2040. The van der Waals surface area contributed by atoms with Gasteiger partial charge in [-0.3, -0.25) is 9.59 Å². The Morgan fingerprint density at radius 2 is 1.76 bits per heavy atom. The van der Waals surface area contributed by atoms with Crippen LogP contribution in [0.5, 0.6) is 0 Å². The van der Waals surface area contributed by atoms with Gasteiger partial charge in [0.2, 0.25) is 0 Å². The van der Waals surface area contributed by atoms with E-state index in [0.29, 0.717) is 22.6 Å². The molecule has 10 heteroatoms. The molecule has 3 N–H and O–H groups in total. The number of nitrogens with zero attached hydrogens (tertiary/aromatic N) is 2. The van der Waals surface area contributed by atoms with Gasteiger partial charge in [0.1, 0.15) is 11.7 Å². The first-order chi connectivity index (χ1) is 21.5. The summed E-state index contributed by atoms with van der Waals surface area (Å²) in [5.74, 6) is -1.99. The van der Waals surface area contributed by atoms with Gasteiger partial charge in [-0.25, -0.2) is 0 Å². The van der Waals surface area contributed by atoms with E-state index < -0.39 is 11.9 Å². The van der Waals surface area contributed by atoms with Crippen LogP contribution in [0.2, 0.25) is 0 Å². The number of rotatable bonds is 6. The Hall–Kier alpha value is -3.89. The van der Waals surface area contributed by atoms with E-state index in [-0.39, 0.29) is 59.1 Å². The molecule has 0 amide bonds. The summed E-state index contributed by atoms with van der Waals surface area (Å²) in [4.78, 5) is 39.3. The molecule has 1 unspecified atom stereocenters. The second kappa shape index (κ2) is 12.7. The minimum atomic E-state index is -0.989. The largest absolute Gasteiger partial charge is 2.00 e. The van der Waals surface area contributed by atoms with E-state index in [1.807, 2.05) is 32.1 Å². The van der Waals surface area contributed by atoms with Crippen LogP contribution < -0.4 is 36.6 Å². The van der Waals surface area contributed by atoms with Crippen molar-refractivity contribution in [3.8, 4) is 0 Å². The Balaban J connectivity index is 0.00000417. The molecule has 236 valence electrons. The van der Waals surface area contributed by atoms with Gasteiger partial charge < -0.3 is 34.8 Å². The van der Waals surface area contributed by atoms with Crippen LogP contribution in [0, 0.1) is 38.5 Å². The van der Waals surface area contributed by atoms with Gasteiger partial charge in [-0.05, 0) is 56.2 Å². The van der Waals surface area contributed by atoms with Crippen LogP contribution in [-0.2, 0) is 25.5 Å². The van der Waals surface area contributed by atoms with E-state index in [9.17, 15) is 14.7 Å². The van der Waals surface area contributed by atoms with Crippen LogP contribution in [-0.4, -0.2) is 65.3 Å². The van der Waals surface area contributed by atoms with E-state index >= 15 is 0 Å². The van der Waals surface area contributed by atoms with Crippen molar-refractivity contribution in [2.45, 2.75) is 59.9 Å². The number of carbonyl (C=O) groups excluding carboxylic acids is 2. The summed E-state index contributed by atoms with van der Waals surface area (Å²) in [6.07, 6.45) is 9.47. The number of hydrogen-bond acceptors (Lipinski definition) is 6. The number of aromatic amines is 1. The number of fused-ring (bicyclic) bond motifs is 8. The average molecular weight is 633 g/mol. The molecule has 0 saturated carbocycles. The van der Waals surface area contributed by atoms with Crippen molar-refractivity contribution in [3.05, 3.63) is 78.4 Å². The first-order valence-corrected chi connectivity index (χ1v) is 15.5. The second-order valence-electron chi connectivity index (χ2n) is 12.3. The summed E-state index contributed by atoms with van der Waals surface area (Å²) < 4.78 is 10.2. The zero-order chi connectivity index (χ0) is 32.3. The smallest absolute Gasteiger partial charge is 0.657 e. The average Bonchev–Trinajstić information content (AvgIpc) is 3.76. The number of aliphatic hydroxyl groups excluding tert-OH is 1. The Labute approximate surface area is 284 Å². The summed E-state index contributed by atoms with van der Waals surface area (Å²) in [5.41, 5.74) is 9.06. The Morgan fingerprint density at radius 3 is 2.41 bits per heavy atom. The van der Waals surface area contributed by atoms with Crippen LogP contribution in [0.4, 0.5) is 0 Å². The number of nitrogens with one attached hydrogen (secondary N) is 2. The standard InChI is InChI=1S/C36H40N4O5.Mg/c1-9-20-16(3)23-13-25-18(5)22(11-12-29(41)44-7)33(39-25)31-32(36(43)45-8)35(42)30-19(6)26(40-34(30)31)15-28-21(10-2)17(4)24(38-28)14-27(20)37-23;/h9,13-15,18,22,32-33,39-40,42H,1,10-12H2,2-8H3;/q-2;+2/b24-14-,25-13-,28-15-;/t18-,22-,32+,33?;/m0./s1. The number of methoxy groups -OCH3 is 2. The van der Waals surface area contributed by atoms with Gasteiger partial charge in [-0.2, -0.15) is 0 Å². The molecule has 46 heavy (non-hydrogen) atoms. The Kier molecular flexibility index (Phi) is 9.25. The molecule has 0 spiro atoms. The summed E-state index contributed by atoms with van der Waals surface area (Å²) >= 11 is 0. The third kappa shape index (κ3) is 5.15. The summed E-state index contributed by atoms with van der Waals surface area (Å²) in [6.45, 7) is 14.4. The van der Waals surface area contributed by atoms with Crippen molar-refractivity contribution in [1.29, 1.82) is 0 Å². The van der Waals surface area contributed by atoms with Crippen molar-refractivity contribution in [2.75, 3.05) is 14.2 Å². The second-order valence-corrected chi connectivity index (χ2v) is 12.3. The number of H-pyrrole nitrogens is 1. The molecule has 1 fully saturated rings. The van der Waals surface area contributed by atoms with Crippen LogP contribution in [0.3, 0.4) is 0 Å². The summed E-state index contributed by atoms with van der Waals surface area (Å²) in [7, 11) is 2.72. The molecule has 9 nitrogen and oxygen atoms in total. The van der Waals surface area contributed by atoms with Gasteiger partial charge in [-0.15, -0.1) is 22.1 Å². The third-order valence-electron chi connectivity index (χ3n) is 10.1. The van der Waals surface area contributed by atoms with Crippen LogP contribution >= 0.6 is 0 Å². The maximum absolute atomic E-state index is 13.3. The zero-order valence-corrected chi connectivity index (χ0v) is 29.0. The fourth-order valence-electron chi connectivity index (χ4n) is 7.50. The minimum absolute atomic E-state index is 0. The SMILES string of the molecule is C=Cc1c2[n-]c(c1C)/C=C1\NC(C3=c4[nH]c(c(C)c4=C(O)[C@@H]3C(=O)OC)/C=c3\[n-]/c(c(C)c3CC)=C\2)[C@@H](CCC(=O)OC)[C@@H]1C.[Mg+2]. The minimum Gasteiger partial charge on any atom is -0.657 e. The van der Waals surface area contributed by atoms with E-state index in [0.717, 1.165) is 67.7 Å². The quantitative estimate of drug-likeness (QED) is 0.276. The number of aromatic nitrogens is 3. The van der Waals surface area contributed by atoms with Crippen molar-refractivity contribution in [1.82, 2.24) is 20.3 Å². The number of esters is 2. The fourth-order valence-corrected chi connectivity index (χ4v) is 7.50. The number of hydrogen-bond donors (Lipinski definition) is 3. The molecule has 3 aromatic heterocycles. The molecule has 6 rings (SSSR count). The fraction of sp³-hybridized carbons (Fsp3) is 0.389. The predicted octanol–water partition coefficient (Wildman–Crippen LogP) is 1.49. The predicted molar refractivity (Wildman–Crippen MR) is 179 cm³/mol. The molecule has 3 aliphatic rings. The normalized spacial score (nSPS) is 23.7. The molecule has 4 atom stereocenters. The molecular weight excluding hydrogens is 593 g/mol. The van der Waals surface area contributed by atoms with Crippen LogP contribution in [0.15, 0.2) is 12.3 Å². The molecular formula is C36H40MgN4O5. The molecule has 0 aromatic carbocycles. The van der Waals surface area contributed by atoms with Gasteiger partial charge in [0.05, 0.1) is 25.6 Å². The molecule has 0 radical (unpaired) electrons. The third-order valence-corrected chi connectivity index (χ3v) is 10.1.